The van der Waals surface area contributed by atoms with Gasteiger partial charge in [0, 0.05) is 19.5 Å². The van der Waals surface area contributed by atoms with Gasteiger partial charge >= 0.3 is 5.97 Å². The number of benzene rings is 1. The summed E-state index contributed by atoms with van der Waals surface area (Å²) in [5, 5.41) is 9.50. The van der Waals surface area contributed by atoms with Gasteiger partial charge in [0.15, 0.2) is 0 Å². The maximum atomic E-state index is 12.6. The molecule has 1 heterocycles. The van der Waals surface area contributed by atoms with E-state index in [-0.39, 0.29) is 12.3 Å². The van der Waals surface area contributed by atoms with E-state index in [2.05, 4.69) is 0 Å². The van der Waals surface area contributed by atoms with Gasteiger partial charge in [0.2, 0.25) is 5.91 Å². The molecule has 4 nitrogen and oxygen atoms in total. The molecule has 1 unspecified atom stereocenters. The summed E-state index contributed by atoms with van der Waals surface area (Å²) in [6.45, 7) is 1.64. The molecule has 0 aromatic heterocycles. The van der Waals surface area contributed by atoms with Crippen molar-refractivity contribution >= 4 is 11.9 Å². The quantitative estimate of drug-likeness (QED) is 0.901. The van der Waals surface area contributed by atoms with Crippen molar-refractivity contribution in [3.63, 3.8) is 0 Å². The Morgan fingerprint density at radius 1 is 1.08 bits per heavy atom. The summed E-state index contributed by atoms with van der Waals surface area (Å²) in [6, 6.07) is 9.58. The summed E-state index contributed by atoms with van der Waals surface area (Å²) in [5.41, 5.74) is 0.976. The minimum atomic E-state index is -0.875. The third-order valence-corrected chi connectivity index (χ3v) is 5.74. The highest BCUT2D eigenvalue weighted by molar-refractivity contribution is 5.82. The Balaban J connectivity index is 1.58. The van der Waals surface area contributed by atoms with Crippen LogP contribution in [-0.2, 0) is 16.0 Å². The number of rotatable bonds is 5. The second kappa shape index (κ2) is 7.82. The number of carbonyl (C=O) groups is 2. The van der Waals surface area contributed by atoms with Crippen LogP contribution in [0.5, 0.6) is 0 Å². The number of carboxylic acids is 1. The summed E-state index contributed by atoms with van der Waals surface area (Å²) in [4.78, 5) is 26.1. The average Bonchev–Trinajstić information content (AvgIpc) is 2.61. The highest BCUT2D eigenvalue weighted by Crippen LogP contribution is 2.36. The zero-order valence-electron chi connectivity index (χ0n) is 14.2. The molecule has 2 fully saturated rings. The molecule has 1 aromatic rings. The lowest BCUT2D eigenvalue weighted by Crippen LogP contribution is -2.45. The van der Waals surface area contributed by atoms with E-state index in [1.807, 2.05) is 35.2 Å². The predicted octanol–water partition coefficient (Wildman–Crippen LogP) is 3.36. The van der Waals surface area contributed by atoms with Crippen molar-refractivity contribution in [1.82, 2.24) is 4.90 Å². The van der Waals surface area contributed by atoms with Gasteiger partial charge in [-0.3, -0.25) is 9.59 Å². The number of piperidine rings is 1. The van der Waals surface area contributed by atoms with Crippen LogP contribution in [-0.4, -0.2) is 35.0 Å². The Morgan fingerprint density at radius 3 is 2.50 bits per heavy atom. The fourth-order valence-electron chi connectivity index (χ4n) is 4.31. The smallest absolute Gasteiger partial charge is 0.307 e. The van der Waals surface area contributed by atoms with Gasteiger partial charge in [-0.25, -0.2) is 0 Å². The molecule has 1 saturated heterocycles. The summed E-state index contributed by atoms with van der Waals surface area (Å²) in [6.07, 6.45) is 6.75. The largest absolute Gasteiger partial charge is 0.481 e. The fourth-order valence-corrected chi connectivity index (χ4v) is 4.31. The maximum Gasteiger partial charge on any atom is 0.307 e. The van der Waals surface area contributed by atoms with Crippen molar-refractivity contribution in [2.45, 2.75) is 44.9 Å². The summed E-state index contributed by atoms with van der Waals surface area (Å²) in [5.74, 6) is -0.0812. The van der Waals surface area contributed by atoms with E-state index < -0.39 is 11.9 Å². The number of fused-ring (bicyclic) bond motifs is 1. The second-order valence-corrected chi connectivity index (χ2v) is 7.36. The number of amides is 1. The third-order valence-electron chi connectivity index (χ3n) is 5.74. The van der Waals surface area contributed by atoms with Gasteiger partial charge in [-0.15, -0.1) is 0 Å². The molecule has 0 radical (unpaired) electrons. The Morgan fingerprint density at radius 2 is 1.79 bits per heavy atom. The summed E-state index contributed by atoms with van der Waals surface area (Å²) < 4.78 is 0. The van der Waals surface area contributed by atoms with Crippen molar-refractivity contribution in [3.8, 4) is 0 Å². The molecule has 0 bridgehead atoms. The van der Waals surface area contributed by atoms with E-state index in [0.29, 0.717) is 12.3 Å². The molecule has 130 valence electrons. The first-order valence-electron chi connectivity index (χ1n) is 9.18. The van der Waals surface area contributed by atoms with Crippen LogP contribution >= 0.6 is 0 Å². The highest BCUT2D eigenvalue weighted by atomic mass is 16.4. The first-order chi connectivity index (χ1) is 11.6. The van der Waals surface area contributed by atoms with Gasteiger partial charge in [0.1, 0.15) is 0 Å². The Hall–Kier alpha value is -1.84. The molecule has 1 saturated carbocycles. The van der Waals surface area contributed by atoms with Crippen LogP contribution in [0.3, 0.4) is 0 Å². The summed E-state index contributed by atoms with van der Waals surface area (Å²) in [7, 11) is 0. The maximum absolute atomic E-state index is 12.6. The van der Waals surface area contributed by atoms with E-state index in [4.69, 9.17) is 0 Å². The lowest BCUT2D eigenvalue weighted by molar-refractivity contribution is -0.146. The normalized spacial score (nSPS) is 24.9. The van der Waals surface area contributed by atoms with Crippen LogP contribution < -0.4 is 0 Å². The Kier molecular flexibility index (Phi) is 5.54. The first kappa shape index (κ1) is 17.0. The lowest BCUT2D eigenvalue weighted by Gasteiger charge is -2.41. The van der Waals surface area contributed by atoms with Gasteiger partial charge < -0.3 is 10.0 Å². The number of aliphatic carboxylic acids is 1. The number of carboxylic acid groups (broad SMARTS) is 1. The SMILES string of the molecule is O=C(O)C(CC(=O)N1CC[C@@H]2CCCC[C@H]2C1)Cc1ccccc1. The molecule has 1 aliphatic carbocycles. The van der Waals surface area contributed by atoms with E-state index >= 15 is 0 Å². The third kappa shape index (κ3) is 4.16. The van der Waals surface area contributed by atoms with Crippen LogP contribution in [0.4, 0.5) is 0 Å². The molecule has 0 spiro atoms. The molecule has 4 heteroatoms. The van der Waals surface area contributed by atoms with Crippen molar-refractivity contribution in [2.75, 3.05) is 13.1 Å². The molecule has 3 atom stereocenters. The highest BCUT2D eigenvalue weighted by Gasteiger charge is 2.34. The van der Waals surface area contributed by atoms with Gasteiger partial charge in [-0.05, 0) is 36.7 Å². The average molecular weight is 329 g/mol. The molecule has 1 N–H and O–H groups in total. The number of nitrogens with zero attached hydrogens (tertiary/aromatic N) is 1. The van der Waals surface area contributed by atoms with Crippen molar-refractivity contribution in [3.05, 3.63) is 35.9 Å². The lowest BCUT2D eigenvalue weighted by atomic mass is 9.75. The van der Waals surface area contributed by atoms with Gasteiger partial charge in [-0.1, -0.05) is 49.6 Å². The van der Waals surface area contributed by atoms with E-state index in [9.17, 15) is 14.7 Å². The minimum Gasteiger partial charge on any atom is -0.481 e. The van der Waals surface area contributed by atoms with E-state index in [1.165, 1.54) is 25.7 Å². The molecular formula is C20H27NO3. The van der Waals surface area contributed by atoms with Gasteiger partial charge in [0.25, 0.3) is 0 Å². The zero-order valence-corrected chi connectivity index (χ0v) is 14.2. The summed E-state index contributed by atoms with van der Waals surface area (Å²) >= 11 is 0. The van der Waals surface area contributed by atoms with Crippen LogP contribution in [0.1, 0.15) is 44.1 Å². The number of carbonyl (C=O) groups excluding carboxylic acids is 1. The zero-order chi connectivity index (χ0) is 16.9. The first-order valence-corrected chi connectivity index (χ1v) is 9.18. The molecule has 1 amide bonds. The van der Waals surface area contributed by atoms with E-state index in [0.717, 1.165) is 31.0 Å². The van der Waals surface area contributed by atoms with Gasteiger partial charge in [-0.2, -0.15) is 0 Å². The van der Waals surface area contributed by atoms with Crippen molar-refractivity contribution in [1.29, 1.82) is 0 Å². The van der Waals surface area contributed by atoms with Crippen LogP contribution in [0.25, 0.3) is 0 Å². The molecule has 3 rings (SSSR count). The second-order valence-electron chi connectivity index (χ2n) is 7.36. The molecule has 1 aliphatic heterocycles. The minimum absolute atomic E-state index is 0.0161. The standard InChI is InChI=1S/C20H27NO3/c22-19(21-11-10-16-8-4-5-9-17(16)14-21)13-18(20(23)24)12-15-6-2-1-3-7-15/h1-3,6-7,16-18H,4-5,8-14H2,(H,23,24)/t16-,17-,18?/m0/s1. The van der Waals surface area contributed by atoms with Crippen LogP contribution in [0.15, 0.2) is 30.3 Å². The van der Waals surface area contributed by atoms with Crippen LogP contribution in [0, 0.1) is 17.8 Å². The molecular weight excluding hydrogens is 302 g/mol. The molecule has 2 aliphatic rings. The van der Waals surface area contributed by atoms with Crippen molar-refractivity contribution in [2.24, 2.45) is 17.8 Å². The number of hydrogen-bond donors (Lipinski definition) is 1. The fraction of sp³-hybridized carbons (Fsp3) is 0.600. The van der Waals surface area contributed by atoms with Gasteiger partial charge in [0.05, 0.1) is 5.92 Å². The topological polar surface area (TPSA) is 57.6 Å². The Labute approximate surface area is 143 Å². The van der Waals surface area contributed by atoms with Crippen molar-refractivity contribution < 1.29 is 14.7 Å². The number of likely N-dealkylation sites (tertiary alicyclic amines) is 1. The predicted molar refractivity (Wildman–Crippen MR) is 92.5 cm³/mol. The monoisotopic (exact) mass is 329 g/mol. The van der Waals surface area contributed by atoms with E-state index in [1.54, 1.807) is 0 Å². The number of hydrogen-bond acceptors (Lipinski definition) is 2. The van der Waals surface area contributed by atoms with Crippen LogP contribution in [0.2, 0.25) is 0 Å². The molecule has 1 aromatic carbocycles. The Bertz CT molecular complexity index is 572. The molecule has 24 heavy (non-hydrogen) atoms.